The summed E-state index contributed by atoms with van der Waals surface area (Å²) in [7, 11) is 0. The van der Waals surface area contributed by atoms with Crippen LogP contribution in [0.5, 0.6) is 0 Å². The number of nitrogens with one attached hydrogen (secondary N) is 1. The number of piperidine rings is 1. The molecule has 1 aromatic rings. The Bertz CT molecular complexity index is 398. The molecule has 0 bridgehead atoms. The molecule has 4 nitrogen and oxygen atoms in total. The first-order chi connectivity index (χ1) is 8.76. The average molecular weight is 247 g/mol. The highest BCUT2D eigenvalue weighted by atomic mass is 16.5. The summed E-state index contributed by atoms with van der Waals surface area (Å²) in [5, 5.41) is 3.40. The fraction of sp³-hybridized carbons (Fsp3) is 0.643. The second-order valence-electron chi connectivity index (χ2n) is 5.61. The number of hydrogen-bond acceptors (Lipinski definition) is 4. The molecule has 4 heteroatoms. The molecule has 18 heavy (non-hydrogen) atoms. The van der Waals surface area contributed by atoms with Crippen LogP contribution in [0.4, 0.5) is 5.82 Å². The summed E-state index contributed by atoms with van der Waals surface area (Å²) >= 11 is 0. The Balaban J connectivity index is 1.60. The molecule has 98 valence electrons. The molecule has 2 saturated heterocycles. The van der Waals surface area contributed by atoms with Crippen LogP contribution in [-0.2, 0) is 11.2 Å². The third kappa shape index (κ3) is 2.49. The normalized spacial score (nSPS) is 26.6. The number of nitrogen functional groups attached to an aromatic ring is 1. The van der Waals surface area contributed by atoms with E-state index in [0.717, 1.165) is 39.0 Å². The van der Waals surface area contributed by atoms with Crippen LogP contribution in [0, 0.1) is 5.92 Å². The van der Waals surface area contributed by atoms with Crippen molar-refractivity contribution in [2.24, 2.45) is 5.92 Å². The summed E-state index contributed by atoms with van der Waals surface area (Å²) in [5.74, 6) is 1.23. The van der Waals surface area contributed by atoms with Gasteiger partial charge in [-0.15, -0.1) is 0 Å². The molecule has 0 unspecified atom stereocenters. The third-order valence-electron chi connectivity index (χ3n) is 4.17. The van der Waals surface area contributed by atoms with Gasteiger partial charge in [0.2, 0.25) is 0 Å². The molecule has 3 rings (SSSR count). The zero-order valence-corrected chi connectivity index (χ0v) is 10.7. The van der Waals surface area contributed by atoms with Crippen LogP contribution in [0.25, 0.3) is 0 Å². The van der Waals surface area contributed by atoms with Crippen molar-refractivity contribution in [2.45, 2.75) is 31.3 Å². The summed E-state index contributed by atoms with van der Waals surface area (Å²) in [4.78, 5) is 4.15. The Hall–Kier alpha value is -1.13. The molecule has 1 aromatic heterocycles. The molecule has 3 heterocycles. The van der Waals surface area contributed by atoms with Crippen LogP contribution < -0.4 is 11.1 Å². The molecule has 3 N–H and O–H groups in total. The summed E-state index contributed by atoms with van der Waals surface area (Å²) in [5.41, 5.74) is 7.04. The van der Waals surface area contributed by atoms with E-state index in [-0.39, 0.29) is 5.60 Å². The van der Waals surface area contributed by atoms with Gasteiger partial charge in [0.05, 0.1) is 12.2 Å². The quantitative estimate of drug-likeness (QED) is 0.828. The minimum atomic E-state index is 0.164. The fourth-order valence-corrected chi connectivity index (χ4v) is 3.19. The molecule has 2 aliphatic heterocycles. The molecular formula is C14H21N3O. The predicted molar refractivity (Wildman–Crippen MR) is 71.2 cm³/mol. The van der Waals surface area contributed by atoms with E-state index in [1.54, 1.807) is 0 Å². The van der Waals surface area contributed by atoms with Crippen molar-refractivity contribution >= 4 is 5.82 Å². The van der Waals surface area contributed by atoms with Crippen molar-refractivity contribution in [3.05, 3.63) is 23.9 Å². The number of aromatic nitrogens is 1. The van der Waals surface area contributed by atoms with Crippen molar-refractivity contribution in [3.8, 4) is 0 Å². The second kappa shape index (κ2) is 4.86. The summed E-state index contributed by atoms with van der Waals surface area (Å²) in [6.45, 7) is 3.08. The van der Waals surface area contributed by atoms with E-state index < -0.39 is 0 Å². The number of nitrogens with two attached hydrogens (primary N) is 1. The van der Waals surface area contributed by atoms with Gasteiger partial charge in [-0.3, -0.25) is 0 Å². The minimum Gasteiger partial charge on any atom is -0.384 e. The van der Waals surface area contributed by atoms with Crippen LogP contribution in [0.3, 0.4) is 0 Å². The van der Waals surface area contributed by atoms with E-state index in [1.165, 1.54) is 12.0 Å². The number of rotatable bonds is 2. The highest BCUT2D eigenvalue weighted by Gasteiger charge is 2.40. The lowest BCUT2D eigenvalue weighted by Crippen LogP contribution is -2.41. The maximum atomic E-state index is 6.10. The Morgan fingerprint density at radius 3 is 2.94 bits per heavy atom. The van der Waals surface area contributed by atoms with Crippen LogP contribution in [0.2, 0.25) is 0 Å². The highest BCUT2D eigenvalue weighted by molar-refractivity contribution is 5.29. The lowest BCUT2D eigenvalue weighted by Gasteiger charge is -2.33. The Morgan fingerprint density at radius 1 is 1.39 bits per heavy atom. The number of anilines is 1. The standard InChI is InChI=1S/C14H21N3O/c15-13-2-1-11(9-17-13)7-12-8-14(18-10-12)3-5-16-6-4-14/h1-2,9,12,16H,3-8,10H2,(H2,15,17)/t12-/m0/s1. The average Bonchev–Trinajstić information content (AvgIpc) is 2.76. The van der Waals surface area contributed by atoms with E-state index in [2.05, 4.69) is 16.4 Å². The maximum Gasteiger partial charge on any atom is 0.123 e. The van der Waals surface area contributed by atoms with E-state index in [4.69, 9.17) is 10.5 Å². The molecule has 1 spiro atoms. The van der Waals surface area contributed by atoms with Crippen molar-refractivity contribution < 1.29 is 4.74 Å². The van der Waals surface area contributed by atoms with Crippen molar-refractivity contribution in [1.82, 2.24) is 10.3 Å². The first-order valence-electron chi connectivity index (χ1n) is 6.81. The zero-order valence-electron chi connectivity index (χ0n) is 10.7. The van der Waals surface area contributed by atoms with Crippen LogP contribution in [-0.4, -0.2) is 30.3 Å². The van der Waals surface area contributed by atoms with Gasteiger partial charge in [0.1, 0.15) is 5.82 Å². The number of nitrogens with zero attached hydrogens (tertiary/aromatic N) is 1. The van der Waals surface area contributed by atoms with Gasteiger partial charge < -0.3 is 15.8 Å². The molecular weight excluding hydrogens is 226 g/mol. The van der Waals surface area contributed by atoms with Crippen LogP contribution in [0.1, 0.15) is 24.8 Å². The van der Waals surface area contributed by atoms with Gasteiger partial charge in [-0.1, -0.05) is 6.07 Å². The maximum absolute atomic E-state index is 6.10. The fourth-order valence-electron chi connectivity index (χ4n) is 3.19. The van der Waals surface area contributed by atoms with Gasteiger partial charge in [0.15, 0.2) is 0 Å². The van der Waals surface area contributed by atoms with Gasteiger partial charge in [-0.25, -0.2) is 4.98 Å². The minimum absolute atomic E-state index is 0.164. The van der Waals surface area contributed by atoms with Crippen LogP contribution >= 0.6 is 0 Å². The van der Waals surface area contributed by atoms with Crippen molar-refractivity contribution in [2.75, 3.05) is 25.4 Å². The lowest BCUT2D eigenvalue weighted by molar-refractivity contribution is -0.0196. The largest absolute Gasteiger partial charge is 0.384 e. The van der Waals surface area contributed by atoms with Crippen molar-refractivity contribution in [3.63, 3.8) is 0 Å². The molecule has 0 aromatic carbocycles. The molecule has 0 aliphatic carbocycles. The molecule has 1 atom stereocenters. The monoisotopic (exact) mass is 247 g/mol. The van der Waals surface area contributed by atoms with E-state index in [1.807, 2.05) is 12.3 Å². The topological polar surface area (TPSA) is 60.2 Å². The second-order valence-corrected chi connectivity index (χ2v) is 5.61. The molecule has 0 radical (unpaired) electrons. The van der Waals surface area contributed by atoms with E-state index in [0.29, 0.717) is 11.7 Å². The summed E-state index contributed by atoms with van der Waals surface area (Å²) in [6.07, 6.45) is 6.46. The van der Waals surface area contributed by atoms with Gasteiger partial charge >= 0.3 is 0 Å². The number of ether oxygens (including phenoxy) is 1. The van der Waals surface area contributed by atoms with Crippen molar-refractivity contribution in [1.29, 1.82) is 0 Å². The Labute approximate surface area is 108 Å². The number of hydrogen-bond donors (Lipinski definition) is 2. The predicted octanol–water partition coefficient (Wildman–Crippen LogP) is 1.36. The summed E-state index contributed by atoms with van der Waals surface area (Å²) < 4.78 is 6.10. The van der Waals surface area contributed by atoms with Gasteiger partial charge in [0.25, 0.3) is 0 Å². The lowest BCUT2D eigenvalue weighted by atomic mass is 9.84. The smallest absolute Gasteiger partial charge is 0.123 e. The van der Waals surface area contributed by atoms with Gasteiger partial charge in [-0.05, 0) is 56.3 Å². The first-order valence-corrected chi connectivity index (χ1v) is 6.81. The molecule has 2 aliphatic rings. The molecule has 0 amide bonds. The Kier molecular flexibility index (Phi) is 3.22. The summed E-state index contributed by atoms with van der Waals surface area (Å²) in [6, 6.07) is 3.96. The number of pyridine rings is 1. The molecule has 2 fully saturated rings. The van der Waals surface area contributed by atoms with Crippen LogP contribution in [0.15, 0.2) is 18.3 Å². The Morgan fingerprint density at radius 2 is 2.22 bits per heavy atom. The first kappa shape index (κ1) is 11.9. The van der Waals surface area contributed by atoms with Gasteiger partial charge in [0, 0.05) is 6.20 Å². The zero-order chi connectivity index (χ0) is 12.4. The molecule has 0 saturated carbocycles. The van der Waals surface area contributed by atoms with E-state index >= 15 is 0 Å². The SMILES string of the molecule is Nc1ccc(C[C@@H]2COC3(CCNCC3)C2)cn1. The highest BCUT2D eigenvalue weighted by Crippen LogP contribution is 2.38. The van der Waals surface area contributed by atoms with E-state index in [9.17, 15) is 0 Å². The third-order valence-corrected chi connectivity index (χ3v) is 4.17. The van der Waals surface area contributed by atoms with Gasteiger partial charge in [-0.2, -0.15) is 0 Å².